The van der Waals surface area contributed by atoms with E-state index in [1.54, 1.807) is 7.05 Å². The van der Waals surface area contributed by atoms with Crippen molar-refractivity contribution in [2.24, 2.45) is 0 Å². The van der Waals surface area contributed by atoms with Crippen molar-refractivity contribution >= 4 is 17.7 Å². The van der Waals surface area contributed by atoms with E-state index < -0.39 is 6.09 Å². The maximum absolute atomic E-state index is 11.8. The number of carbonyl (C=O) groups is 2. The summed E-state index contributed by atoms with van der Waals surface area (Å²) in [6.07, 6.45) is -1.21. The van der Waals surface area contributed by atoms with Crippen molar-refractivity contribution in [2.45, 2.75) is 6.54 Å². The normalized spacial score (nSPS) is 10.1. The predicted octanol–water partition coefficient (Wildman–Crippen LogP) is 2.16. The van der Waals surface area contributed by atoms with Gasteiger partial charge < -0.3 is 21.1 Å². The lowest BCUT2D eigenvalue weighted by molar-refractivity contribution is -0.129. The molecule has 23 heavy (non-hydrogen) atoms. The van der Waals surface area contributed by atoms with Gasteiger partial charge in [-0.3, -0.25) is 4.79 Å². The summed E-state index contributed by atoms with van der Waals surface area (Å²) in [5.74, 6) is -0.287. The van der Waals surface area contributed by atoms with E-state index in [2.05, 4.69) is 5.32 Å². The first-order valence-electron chi connectivity index (χ1n) is 7.11. The van der Waals surface area contributed by atoms with E-state index in [0.717, 1.165) is 16.7 Å². The summed E-state index contributed by atoms with van der Waals surface area (Å²) < 4.78 is 0. The number of likely N-dealkylation sites (N-methyl/N-ethyl adjacent to an activating group) is 1. The molecule has 0 aliphatic carbocycles. The molecule has 2 rings (SSSR count). The minimum absolute atomic E-state index is 0.233. The lowest BCUT2D eigenvalue weighted by Crippen LogP contribution is -2.37. The van der Waals surface area contributed by atoms with E-state index in [-0.39, 0.29) is 12.5 Å². The molecule has 0 fully saturated rings. The van der Waals surface area contributed by atoms with E-state index in [9.17, 15) is 9.59 Å². The number of hydrogen-bond acceptors (Lipinski definition) is 3. The summed E-state index contributed by atoms with van der Waals surface area (Å²) in [6.45, 7) is 0.173. The van der Waals surface area contributed by atoms with Crippen LogP contribution in [0.15, 0.2) is 48.5 Å². The average molecular weight is 313 g/mol. The van der Waals surface area contributed by atoms with Crippen LogP contribution in [-0.2, 0) is 11.3 Å². The van der Waals surface area contributed by atoms with Gasteiger partial charge in [0, 0.05) is 19.3 Å². The molecule has 2 aromatic carbocycles. The highest BCUT2D eigenvalue weighted by molar-refractivity contribution is 5.81. The molecule has 0 aliphatic rings. The van der Waals surface area contributed by atoms with Crippen molar-refractivity contribution in [3.63, 3.8) is 0 Å². The largest absolute Gasteiger partial charge is 0.465 e. The van der Waals surface area contributed by atoms with E-state index >= 15 is 0 Å². The smallest absolute Gasteiger partial charge is 0.405 e. The van der Waals surface area contributed by atoms with Crippen molar-refractivity contribution in [1.82, 2.24) is 10.2 Å². The van der Waals surface area contributed by atoms with Gasteiger partial charge in [0.15, 0.2) is 0 Å². The first-order valence-corrected chi connectivity index (χ1v) is 7.11. The van der Waals surface area contributed by atoms with Crippen molar-refractivity contribution in [3.8, 4) is 11.1 Å². The summed E-state index contributed by atoms with van der Waals surface area (Å²) in [5.41, 5.74) is 9.44. The van der Waals surface area contributed by atoms with Gasteiger partial charge in [0.05, 0.1) is 0 Å². The molecule has 0 unspecified atom stereocenters. The van der Waals surface area contributed by atoms with Gasteiger partial charge in [0.25, 0.3) is 0 Å². The molecule has 2 aromatic rings. The Hall–Kier alpha value is -3.02. The van der Waals surface area contributed by atoms with E-state index in [1.165, 1.54) is 4.90 Å². The second-order valence-corrected chi connectivity index (χ2v) is 5.23. The van der Waals surface area contributed by atoms with Crippen LogP contribution in [-0.4, -0.2) is 35.6 Å². The SMILES string of the molecule is CN(Cc1cccc(-c2ccc(N)cc2)c1)C(=O)CNC(=O)O. The molecule has 0 saturated heterocycles. The van der Waals surface area contributed by atoms with Crippen LogP contribution in [0.25, 0.3) is 11.1 Å². The second-order valence-electron chi connectivity index (χ2n) is 5.23. The highest BCUT2D eigenvalue weighted by atomic mass is 16.4. The van der Waals surface area contributed by atoms with Crippen molar-refractivity contribution in [2.75, 3.05) is 19.3 Å². The van der Waals surface area contributed by atoms with Crippen LogP contribution in [0.3, 0.4) is 0 Å². The van der Waals surface area contributed by atoms with Gasteiger partial charge in [-0.05, 0) is 34.9 Å². The molecule has 0 aromatic heterocycles. The van der Waals surface area contributed by atoms with Crippen LogP contribution in [0.2, 0.25) is 0 Å². The number of amides is 2. The first-order chi connectivity index (χ1) is 11.0. The molecular weight excluding hydrogens is 294 g/mol. The van der Waals surface area contributed by atoms with Crippen LogP contribution in [0, 0.1) is 0 Å². The van der Waals surface area contributed by atoms with Crippen LogP contribution in [0.1, 0.15) is 5.56 Å². The standard InChI is InChI=1S/C17H19N3O3/c1-20(16(21)10-19-17(22)23)11-12-3-2-4-14(9-12)13-5-7-15(18)8-6-13/h2-9,19H,10-11,18H2,1H3,(H,22,23). The Balaban J connectivity index is 2.06. The molecule has 6 heteroatoms. The number of benzene rings is 2. The topological polar surface area (TPSA) is 95.7 Å². The lowest BCUT2D eigenvalue weighted by atomic mass is 10.0. The Bertz CT molecular complexity index is 698. The van der Waals surface area contributed by atoms with Crippen molar-refractivity contribution < 1.29 is 14.7 Å². The monoisotopic (exact) mass is 313 g/mol. The highest BCUT2D eigenvalue weighted by Crippen LogP contribution is 2.22. The molecule has 0 saturated carbocycles. The fraction of sp³-hybridized carbons (Fsp3) is 0.176. The minimum atomic E-state index is -1.21. The zero-order chi connectivity index (χ0) is 16.8. The number of rotatable bonds is 5. The predicted molar refractivity (Wildman–Crippen MR) is 88.8 cm³/mol. The van der Waals surface area contributed by atoms with E-state index in [1.807, 2.05) is 48.5 Å². The summed E-state index contributed by atoms with van der Waals surface area (Å²) in [7, 11) is 1.64. The van der Waals surface area contributed by atoms with Crippen LogP contribution in [0.5, 0.6) is 0 Å². The third-order valence-electron chi connectivity index (χ3n) is 3.41. The fourth-order valence-corrected chi connectivity index (χ4v) is 2.17. The van der Waals surface area contributed by atoms with Crippen LogP contribution in [0.4, 0.5) is 10.5 Å². The van der Waals surface area contributed by atoms with Crippen LogP contribution >= 0.6 is 0 Å². The van der Waals surface area contributed by atoms with Gasteiger partial charge in [-0.25, -0.2) is 4.79 Å². The third kappa shape index (κ3) is 4.74. The van der Waals surface area contributed by atoms with Crippen LogP contribution < -0.4 is 11.1 Å². The van der Waals surface area contributed by atoms with Gasteiger partial charge in [-0.2, -0.15) is 0 Å². The van der Waals surface area contributed by atoms with Gasteiger partial charge >= 0.3 is 6.09 Å². The van der Waals surface area contributed by atoms with E-state index in [4.69, 9.17) is 10.8 Å². The second kappa shape index (κ2) is 7.31. The molecule has 2 amide bonds. The molecule has 4 N–H and O–H groups in total. The van der Waals surface area contributed by atoms with Gasteiger partial charge in [0.2, 0.25) is 5.91 Å². The molecule has 0 heterocycles. The molecule has 0 aliphatic heterocycles. The molecule has 0 bridgehead atoms. The number of nitrogen functional groups attached to an aromatic ring is 1. The Morgan fingerprint density at radius 2 is 1.83 bits per heavy atom. The lowest BCUT2D eigenvalue weighted by Gasteiger charge is -2.17. The Morgan fingerprint density at radius 3 is 2.48 bits per heavy atom. The average Bonchev–Trinajstić information content (AvgIpc) is 2.53. The number of carboxylic acid groups (broad SMARTS) is 1. The van der Waals surface area contributed by atoms with Crippen molar-refractivity contribution in [3.05, 3.63) is 54.1 Å². The molecule has 0 atom stereocenters. The molecular formula is C17H19N3O3. The first kappa shape index (κ1) is 16.4. The van der Waals surface area contributed by atoms with E-state index in [0.29, 0.717) is 12.2 Å². The summed E-state index contributed by atoms with van der Waals surface area (Å²) in [4.78, 5) is 23.7. The minimum Gasteiger partial charge on any atom is -0.465 e. The summed E-state index contributed by atoms with van der Waals surface area (Å²) in [5, 5.41) is 10.6. The maximum Gasteiger partial charge on any atom is 0.405 e. The Labute approximate surface area is 134 Å². The number of nitrogens with one attached hydrogen (secondary N) is 1. The van der Waals surface area contributed by atoms with Gasteiger partial charge in [-0.15, -0.1) is 0 Å². The van der Waals surface area contributed by atoms with Gasteiger partial charge in [-0.1, -0.05) is 30.3 Å². The molecule has 120 valence electrons. The number of nitrogens with two attached hydrogens (primary N) is 1. The van der Waals surface area contributed by atoms with Gasteiger partial charge in [0.1, 0.15) is 6.54 Å². The molecule has 0 spiro atoms. The number of nitrogens with zero attached hydrogens (tertiary/aromatic N) is 1. The quantitative estimate of drug-likeness (QED) is 0.737. The number of anilines is 1. The number of hydrogen-bond donors (Lipinski definition) is 3. The highest BCUT2D eigenvalue weighted by Gasteiger charge is 2.10. The fourth-order valence-electron chi connectivity index (χ4n) is 2.17. The Morgan fingerprint density at radius 1 is 1.13 bits per heavy atom. The maximum atomic E-state index is 11.8. The zero-order valence-corrected chi connectivity index (χ0v) is 12.8. The molecule has 0 radical (unpaired) electrons. The Kier molecular flexibility index (Phi) is 5.19. The summed E-state index contributed by atoms with van der Waals surface area (Å²) in [6, 6.07) is 15.4. The molecule has 6 nitrogen and oxygen atoms in total. The number of carbonyl (C=O) groups excluding carboxylic acids is 1. The zero-order valence-electron chi connectivity index (χ0n) is 12.8. The third-order valence-corrected chi connectivity index (χ3v) is 3.41. The van der Waals surface area contributed by atoms with Crippen molar-refractivity contribution in [1.29, 1.82) is 0 Å². The summed E-state index contributed by atoms with van der Waals surface area (Å²) >= 11 is 0.